The van der Waals surface area contributed by atoms with E-state index >= 15 is 0 Å². The molecule has 0 spiro atoms. The van der Waals surface area contributed by atoms with Crippen molar-refractivity contribution in [2.24, 2.45) is 0 Å². The van der Waals surface area contributed by atoms with Crippen molar-refractivity contribution in [1.82, 2.24) is 5.32 Å². The van der Waals surface area contributed by atoms with Crippen LogP contribution in [-0.4, -0.2) is 87.5 Å². The Hall–Kier alpha value is -9.46. The molecule has 0 atom stereocenters. The summed E-state index contributed by atoms with van der Waals surface area (Å²) in [7, 11) is 0. The molecule has 0 bridgehead atoms. The minimum atomic E-state index is -1.03. The Morgan fingerprint density at radius 1 is 0.264 bits per heavy atom. The molecule has 0 saturated carbocycles. The van der Waals surface area contributed by atoms with Crippen molar-refractivity contribution in [2.45, 2.75) is 89.3 Å². The van der Waals surface area contributed by atoms with E-state index in [0.717, 1.165) is 66.8 Å². The fraction of sp³-hybridized carbons (Fsp3) is 0.270. The first-order chi connectivity index (χ1) is 42.6. The molecule has 0 aliphatic rings. The fourth-order valence-electron chi connectivity index (χ4n) is 9.56. The van der Waals surface area contributed by atoms with E-state index in [1.807, 2.05) is 218 Å². The van der Waals surface area contributed by atoms with Gasteiger partial charge in [-0.05, 0) is 118 Å². The monoisotopic (exact) mass is 1170 g/mol. The lowest BCUT2D eigenvalue weighted by Crippen LogP contribution is -2.31. The molecule has 0 unspecified atom stereocenters. The van der Waals surface area contributed by atoms with Gasteiger partial charge in [-0.1, -0.05) is 218 Å². The minimum Gasteiger partial charge on any atom is -0.462 e. The zero-order valence-corrected chi connectivity index (χ0v) is 49.1. The molecule has 8 aromatic carbocycles. The quantitative estimate of drug-likeness (QED) is 0.0230. The molecule has 0 aromatic heterocycles. The molecule has 0 aliphatic heterocycles. The fourth-order valence-corrected chi connectivity index (χ4v) is 9.56. The molecule has 13 heteroatoms. The van der Waals surface area contributed by atoms with Gasteiger partial charge in [0.05, 0.1) is 0 Å². The van der Waals surface area contributed by atoms with Crippen LogP contribution in [0.5, 0.6) is 0 Å². The number of rotatable bonds is 34. The van der Waals surface area contributed by atoms with Gasteiger partial charge in [0, 0.05) is 38.5 Å². The minimum absolute atomic E-state index is 0.0194. The summed E-state index contributed by atoms with van der Waals surface area (Å²) in [5, 5.41) is 3.23. The second kappa shape index (κ2) is 35.1. The first-order valence-electron chi connectivity index (χ1n) is 29.9. The molecular formula is C74H75NO12. The smallest absolute Gasteiger partial charge is 0.306 e. The summed E-state index contributed by atoms with van der Waals surface area (Å²) < 4.78 is 33.7. The average molecular weight is 1170 g/mol. The van der Waals surface area contributed by atoms with Gasteiger partial charge >= 0.3 is 35.8 Å². The molecule has 0 saturated heterocycles. The van der Waals surface area contributed by atoms with Crippen LogP contribution in [0.3, 0.4) is 0 Å². The van der Waals surface area contributed by atoms with E-state index in [-0.39, 0.29) is 65.0 Å². The number of ether oxygens (including phenoxy) is 6. The third-order valence-corrected chi connectivity index (χ3v) is 14.5. The number of nitrogens with one attached hydrogen (secondary N) is 1. The third-order valence-electron chi connectivity index (χ3n) is 14.5. The Labute approximate surface area is 510 Å². The van der Waals surface area contributed by atoms with Crippen LogP contribution >= 0.6 is 0 Å². The van der Waals surface area contributed by atoms with Crippen LogP contribution in [0.15, 0.2) is 218 Å². The van der Waals surface area contributed by atoms with Crippen LogP contribution in [-0.2, 0) is 82.9 Å². The summed E-state index contributed by atoms with van der Waals surface area (Å²) in [4.78, 5) is 78.2. The van der Waals surface area contributed by atoms with E-state index in [1.165, 1.54) is 0 Å². The summed E-state index contributed by atoms with van der Waals surface area (Å²) in [6, 6.07) is 72.0. The van der Waals surface area contributed by atoms with E-state index < -0.39 is 48.0 Å². The van der Waals surface area contributed by atoms with Crippen molar-refractivity contribution in [3.05, 3.63) is 241 Å². The highest BCUT2D eigenvalue weighted by Gasteiger charge is 2.22. The summed E-state index contributed by atoms with van der Waals surface area (Å²) in [6.07, 6.45) is 0.953. The largest absolute Gasteiger partial charge is 0.462 e. The molecule has 87 heavy (non-hydrogen) atoms. The van der Waals surface area contributed by atoms with Gasteiger partial charge in [0.15, 0.2) is 12.2 Å². The van der Waals surface area contributed by atoms with E-state index in [0.29, 0.717) is 51.6 Å². The number of hydrogen-bond donors (Lipinski definition) is 1. The molecule has 8 aromatic rings. The number of carbonyl (C=O) groups is 6. The van der Waals surface area contributed by atoms with Crippen molar-refractivity contribution in [1.29, 1.82) is 0 Å². The standard InChI is InChI=1S/C74H75NO12/c76-69(45-33-55-25-37-63(38-26-55)59-15-5-1-6-16-59)82-51-67(52-83-70(77)46-34-56-27-39-64(40-28-56)60-17-7-2-8-18-60)86-73(80)23-13-49-75-50-14-24-74(81)87-68(53-84-71(78)47-35-57-29-41-65(42-30-57)61-19-9-3-10-20-61)54-85-72(79)48-36-58-31-43-66(44-32-58)62-21-11-4-12-22-62/h1-12,15-22,25-32,37-44,67-68,75H,13-14,23-24,33-36,45-54H2. The summed E-state index contributed by atoms with van der Waals surface area (Å²) >= 11 is 0. The molecule has 8 rings (SSSR count). The van der Waals surface area contributed by atoms with Gasteiger partial charge in [0.2, 0.25) is 0 Å². The van der Waals surface area contributed by atoms with Crippen LogP contribution < -0.4 is 5.32 Å². The number of hydrogen-bond acceptors (Lipinski definition) is 13. The molecule has 0 amide bonds. The highest BCUT2D eigenvalue weighted by molar-refractivity contribution is 5.74. The first kappa shape index (κ1) is 63.6. The Kier molecular flexibility index (Phi) is 25.6. The molecule has 13 nitrogen and oxygen atoms in total. The van der Waals surface area contributed by atoms with Gasteiger partial charge in [-0.25, -0.2) is 0 Å². The topological polar surface area (TPSA) is 170 Å². The highest BCUT2D eigenvalue weighted by atomic mass is 16.6. The number of aryl methyl sites for hydroxylation is 4. The lowest BCUT2D eigenvalue weighted by atomic mass is 10.0. The lowest BCUT2D eigenvalue weighted by Gasteiger charge is -2.18. The lowest BCUT2D eigenvalue weighted by molar-refractivity contribution is -0.166. The van der Waals surface area contributed by atoms with Gasteiger partial charge in [-0.2, -0.15) is 0 Å². The molecule has 0 aliphatic carbocycles. The molecule has 448 valence electrons. The molecular weight excluding hydrogens is 1090 g/mol. The van der Waals surface area contributed by atoms with Gasteiger partial charge in [0.1, 0.15) is 26.4 Å². The van der Waals surface area contributed by atoms with Crippen LogP contribution in [0.4, 0.5) is 0 Å². The van der Waals surface area contributed by atoms with Crippen molar-refractivity contribution < 1.29 is 57.2 Å². The summed E-state index contributed by atoms with van der Waals surface area (Å²) in [5.74, 6) is -3.04. The number of benzene rings is 8. The van der Waals surface area contributed by atoms with Crippen molar-refractivity contribution in [2.75, 3.05) is 39.5 Å². The summed E-state index contributed by atoms with van der Waals surface area (Å²) in [6.45, 7) is -0.327. The maximum Gasteiger partial charge on any atom is 0.306 e. The van der Waals surface area contributed by atoms with Crippen molar-refractivity contribution in [3.8, 4) is 44.5 Å². The van der Waals surface area contributed by atoms with Gasteiger partial charge in [0.25, 0.3) is 0 Å². The Morgan fingerprint density at radius 3 is 0.713 bits per heavy atom. The normalized spacial score (nSPS) is 11.0. The SMILES string of the molecule is O=C(CCc1ccc(-c2ccccc2)cc1)OCC(COC(=O)CCc1ccc(-c2ccccc2)cc1)OC(=O)CCCNCCCC(=O)OC(COC(=O)CCc1ccc(-c2ccccc2)cc1)COC(=O)CCc1ccc(-c2ccccc2)cc1. The van der Waals surface area contributed by atoms with Crippen LogP contribution in [0.2, 0.25) is 0 Å². The first-order valence-corrected chi connectivity index (χ1v) is 29.9. The Bertz CT molecular complexity index is 2940. The zero-order valence-electron chi connectivity index (χ0n) is 49.1. The van der Waals surface area contributed by atoms with Crippen molar-refractivity contribution in [3.63, 3.8) is 0 Å². The number of esters is 6. The van der Waals surface area contributed by atoms with Crippen LogP contribution in [0.25, 0.3) is 44.5 Å². The molecule has 0 radical (unpaired) electrons. The van der Waals surface area contributed by atoms with E-state index in [1.54, 1.807) is 0 Å². The average Bonchev–Trinajstić information content (AvgIpc) is 3.76. The highest BCUT2D eigenvalue weighted by Crippen LogP contribution is 2.24. The predicted molar refractivity (Wildman–Crippen MR) is 336 cm³/mol. The second-order valence-corrected chi connectivity index (χ2v) is 21.2. The van der Waals surface area contributed by atoms with Gasteiger partial charge in [-0.3, -0.25) is 28.8 Å². The third kappa shape index (κ3) is 22.8. The van der Waals surface area contributed by atoms with Crippen molar-refractivity contribution >= 4 is 35.8 Å². The summed E-state index contributed by atoms with van der Waals surface area (Å²) in [5.41, 5.74) is 12.5. The molecule has 0 fully saturated rings. The van der Waals surface area contributed by atoms with Gasteiger partial charge in [-0.15, -0.1) is 0 Å². The maximum absolute atomic E-state index is 13.2. The van der Waals surface area contributed by atoms with E-state index in [2.05, 4.69) is 5.32 Å². The maximum atomic E-state index is 13.2. The zero-order chi connectivity index (χ0) is 60.7. The van der Waals surface area contributed by atoms with Crippen LogP contribution in [0.1, 0.15) is 73.6 Å². The second-order valence-electron chi connectivity index (χ2n) is 21.2. The Morgan fingerprint density at radius 2 is 0.483 bits per heavy atom. The van der Waals surface area contributed by atoms with Gasteiger partial charge < -0.3 is 33.7 Å². The molecule has 1 N–H and O–H groups in total. The molecule has 0 heterocycles. The van der Waals surface area contributed by atoms with E-state index in [9.17, 15) is 28.8 Å². The Balaban J connectivity index is 0.758. The predicted octanol–water partition coefficient (Wildman–Crippen LogP) is 13.3. The van der Waals surface area contributed by atoms with E-state index in [4.69, 9.17) is 28.4 Å². The van der Waals surface area contributed by atoms with Crippen LogP contribution in [0, 0.1) is 0 Å². The number of carbonyl (C=O) groups excluding carboxylic acids is 6.